The maximum Gasteiger partial charge on any atom is 0.223 e. The number of fused-ring (bicyclic) bond motifs is 1. The lowest BCUT2D eigenvalue weighted by atomic mass is 10.1. The summed E-state index contributed by atoms with van der Waals surface area (Å²) in [5.74, 6) is 0.0643. The van der Waals surface area contributed by atoms with Crippen molar-refractivity contribution in [3.8, 4) is 0 Å². The van der Waals surface area contributed by atoms with Crippen molar-refractivity contribution in [2.24, 2.45) is 7.05 Å². The first-order valence-corrected chi connectivity index (χ1v) is 9.87. The highest BCUT2D eigenvalue weighted by Crippen LogP contribution is 2.25. The SMILES string of the molecule is CCCCCCCCCCc1cc2cc(N(C)C(C)=O)ccc2n1C. The highest BCUT2D eigenvalue weighted by Gasteiger charge is 2.10. The minimum absolute atomic E-state index is 0.0643. The van der Waals surface area contributed by atoms with Gasteiger partial charge >= 0.3 is 0 Å². The molecule has 1 amide bonds. The van der Waals surface area contributed by atoms with Gasteiger partial charge in [0.05, 0.1) is 0 Å². The fourth-order valence-corrected chi connectivity index (χ4v) is 3.46. The average molecular weight is 343 g/mol. The number of hydrogen-bond donors (Lipinski definition) is 0. The van der Waals surface area contributed by atoms with E-state index in [9.17, 15) is 4.79 Å². The second-order valence-corrected chi connectivity index (χ2v) is 7.24. The van der Waals surface area contributed by atoms with Crippen molar-refractivity contribution in [1.29, 1.82) is 0 Å². The first-order chi connectivity index (χ1) is 12.0. The number of carbonyl (C=O) groups excluding carboxylic acids is 1. The molecule has 0 atom stereocenters. The highest BCUT2D eigenvalue weighted by atomic mass is 16.2. The molecule has 25 heavy (non-hydrogen) atoms. The van der Waals surface area contributed by atoms with Gasteiger partial charge in [-0.25, -0.2) is 0 Å². The van der Waals surface area contributed by atoms with Gasteiger partial charge in [0.25, 0.3) is 0 Å². The van der Waals surface area contributed by atoms with Gasteiger partial charge in [-0.2, -0.15) is 0 Å². The van der Waals surface area contributed by atoms with E-state index >= 15 is 0 Å². The molecule has 0 saturated carbocycles. The molecule has 0 saturated heterocycles. The minimum Gasteiger partial charge on any atom is -0.348 e. The van der Waals surface area contributed by atoms with E-state index in [1.807, 2.05) is 13.1 Å². The molecule has 3 heteroatoms. The van der Waals surface area contributed by atoms with Crippen LogP contribution in [0.1, 0.15) is 70.9 Å². The second kappa shape index (κ2) is 9.65. The van der Waals surface area contributed by atoms with Crippen molar-refractivity contribution >= 4 is 22.5 Å². The predicted octanol–water partition coefficient (Wildman–Crippen LogP) is 5.84. The zero-order chi connectivity index (χ0) is 18.2. The molecular formula is C22H34N2O. The third-order valence-electron chi connectivity index (χ3n) is 5.27. The van der Waals surface area contributed by atoms with Gasteiger partial charge in [-0.05, 0) is 37.1 Å². The number of anilines is 1. The van der Waals surface area contributed by atoms with Crippen LogP contribution in [0.5, 0.6) is 0 Å². The lowest BCUT2D eigenvalue weighted by Gasteiger charge is -2.14. The molecule has 0 radical (unpaired) electrons. The molecule has 0 aliphatic heterocycles. The Labute approximate surface area is 153 Å². The Kier molecular flexibility index (Phi) is 7.54. The fourth-order valence-electron chi connectivity index (χ4n) is 3.46. The Morgan fingerprint density at radius 2 is 1.64 bits per heavy atom. The van der Waals surface area contributed by atoms with Crippen LogP contribution in [0.3, 0.4) is 0 Å². The summed E-state index contributed by atoms with van der Waals surface area (Å²) in [5.41, 5.74) is 3.60. The average Bonchev–Trinajstić information content (AvgIpc) is 2.92. The summed E-state index contributed by atoms with van der Waals surface area (Å²) in [5, 5.41) is 1.22. The van der Waals surface area contributed by atoms with Crippen LogP contribution in [0.15, 0.2) is 24.3 Å². The first kappa shape index (κ1) is 19.6. The molecule has 2 rings (SSSR count). The molecule has 1 heterocycles. The Morgan fingerprint density at radius 1 is 1.00 bits per heavy atom. The lowest BCUT2D eigenvalue weighted by Crippen LogP contribution is -2.22. The molecule has 0 aliphatic rings. The van der Waals surface area contributed by atoms with Crippen LogP contribution >= 0.6 is 0 Å². The van der Waals surface area contributed by atoms with Crippen LogP contribution in [-0.2, 0) is 18.3 Å². The predicted molar refractivity (Wildman–Crippen MR) is 108 cm³/mol. The number of carbonyl (C=O) groups is 1. The van der Waals surface area contributed by atoms with Gasteiger partial charge in [0, 0.05) is 43.3 Å². The number of aromatic nitrogens is 1. The molecule has 0 unspecified atom stereocenters. The number of nitrogens with zero attached hydrogens (tertiary/aromatic N) is 2. The van der Waals surface area contributed by atoms with Crippen molar-refractivity contribution in [2.45, 2.75) is 71.6 Å². The van der Waals surface area contributed by atoms with Gasteiger partial charge in [0.1, 0.15) is 0 Å². The molecule has 3 nitrogen and oxygen atoms in total. The molecule has 2 aromatic rings. The normalized spacial score (nSPS) is 11.2. The molecule has 0 bridgehead atoms. The van der Waals surface area contributed by atoms with Gasteiger partial charge in [0.2, 0.25) is 5.91 Å². The van der Waals surface area contributed by atoms with Crippen molar-refractivity contribution in [1.82, 2.24) is 4.57 Å². The van der Waals surface area contributed by atoms with E-state index in [0.717, 1.165) is 12.1 Å². The van der Waals surface area contributed by atoms with E-state index in [0.29, 0.717) is 0 Å². The molecule has 138 valence electrons. The Hall–Kier alpha value is -1.77. The standard InChI is InChI=1S/C22H34N2O/c1-5-6-7-8-9-10-11-12-13-20-16-19-17-21(23(3)18(2)25)14-15-22(19)24(20)4/h14-17H,5-13H2,1-4H3. The highest BCUT2D eigenvalue weighted by molar-refractivity contribution is 5.94. The third-order valence-corrected chi connectivity index (χ3v) is 5.27. The van der Waals surface area contributed by atoms with Gasteiger partial charge in [-0.15, -0.1) is 0 Å². The number of hydrogen-bond acceptors (Lipinski definition) is 1. The molecular weight excluding hydrogens is 308 g/mol. The Morgan fingerprint density at radius 3 is 2.28 bits per heavy atom. The maximum absolute atomic E-state index is 11.6. The van der Waals surface area contributed by atoms with Gasteiger partial charge in [-0.3, -0.25) is 4.79 Å². The van der Waals surface area contributed by atoms with Crippen LogP contribution in [0.25, 0.3) is 10.9 Å². The molecule has 0 aliphatic carbocycles. The quantitative estimate of drug-likeness (QED) is 0.498. The molecule has 1 aromatic carbocycles. The smallest absolute Gasteiger partial charge is 0.223 e. The van der Waals surface area contributed by atoms with E-state index in [4.69, 9.17) is 0 Å². The zero-order valence-corrected chi connectivity index (χ0v) is 16.5. The number of unbranched alkanes of at least 4 members (excludes halogenated alkanes) is 7. The summed E-state index contributed by atoms with van der Waals surface area (Å²) < 4.78 is 2.30. The summed E-state index contributed by atoms with van der Waals surface area (Å²) in [6.45, 7) is 3.87. The van der Waals surface area contributed by atoms with E-state index in [1.165, 1.54) is 68.0 Å². The van der Waals surface area contributed by atoms with Gasteiger partial charge in [0.15, 0.2) is 0 Å². The molecule has 1 aromatic heterocycles. The summed E-state index contributed by atoms with van der Waals surface area (Å²) >= 11 is 0. The van der Waals surface area contributed by atoms with Crippen LogP contribution < -0.4 is 4.90 Å². The Balaban J connectivity index is 1.89. The molecule has 0 N–H and O–H groups in total. The third kappa shape index (κ3) is 5.35. The fraction of sp³-hybridized carbons (Fsp3) is 0.591. The van der Waals surface area contributed by atoms with Crippen molar-refractivity contribution in [3.63, 3.8) is 0 Å². The second-order valence-electron chi connectivity index (χ2n) is 7.24. The first-order valence-electron chi connectivity index (χ1n) is 9.87. The van der Waals surface area contributed by atoms with E-state index < -0.39 is 0 Å². The molecule has 0 fully saturated rings. The number of aryl methyl sites for hydroxylation is 2. The summed E-state index contributed by atoms with van der Waals surface area (Å²) in [4.78, 5) is 13.3. The minimum atomic E-state index is 0.0643. The van der Waals surface area contributed by atoms with Crippen molar-refractivity contribution < 1.29 is 4.79 Å². The summed E-state index contributed by atoms with van der Waals surface area (Å²) in [6.07, 6.45) is 12.0. The largest absolute Gasteiger partial charge is 0.348 e. The topological polar surface area (TPSA) is 25.2 Å². The Bertz CT molecular complexity index is 687. The number of benzene rings is 1. The zero-order valence-electron chi connectivity index (χ0n) is 16.5. The summed E-state index contributed by atoms with van der Waals surface area (Å²) in [7, 11) is 3.98. The van der Waals surface area contributed by atoms with Crippen molar-refractivity contribution in [2.75, 3.05) is 11.9 Å². The van der Waals surface area contributed by atoms with E-state index in [2.05, 4.69) is 36.7 Å². The maximum atomic E-state index is 11.6. The van der Waals surface area contributed by atoms with Crippen molar-refractivity contribution in [3.05, 3.63) is 30.0 Å². The van der Waals surface area contributed by atoms with E-state index in [1.54, 1.807) is 11.8 Å². The number of amides is 1. The molecule has 0 spiro atoms. The van der Waals surface area contributed by atoms with Gasteiger partial charge in [-0.1, -0.05) is 51.9 Å². The van der Waals surface area contributed by atoms with Crippen LogP contribution in [-0.4, -0.2) is 17.5 Å². The lowest BCUT2D eigenvalue weighted by molar-refractivity contribution is -0.116. The van der Waals surface area contributed by atoms with Crippen LogP contribution in [0.2, 0.25) is 0 Å². The van der Waals surface area contributed by atoms with Crippen LogP contribution in [0.4, 0.5) is 5.69 Å². The number of rotatable bonds is 10. The summed E-state index contributed by atoms with van der Waals surface area (Å²) in [6, 6.07) is 8.56. The van der Waals surface area contributed by atoms with E-state index in [-0.39, 0.29) is 5.91 Å². The van der Waals surface area contributed by atoms with Crippen LogP contribution in [0, 0.1) is 0 Å². The monoisotopic (exact) mass is 342 g/mol. The van der Waals surface area contributed by atoms with Gasteiger partial charge < -0.3 is 9.47 Å².